The Kier molecular flexibility index (Phi) is 9.17. The summed E-state index contributed by atoms with van der Waals surface area (Å²) in [7, 11) is 3.87. The maximum Gasteiger partial charge on any atom is 0.357 e. The Morgan fingerprint density at radius 1 is 1.03 bits per heavy atom. The quantitative estimate of drug-likeness (QED) is 0.312. The number of hydrogen-bond donors (Lipinski definition) is 0. The third-order valence-corrected chi connectivity index (χ3v) is 6.81. The van der Waals surface area contributed by atoms with Crippen molar-refractivity contribution in [3.05, 3.63) is 78.5 Å². The number of carbonyl (C=O) groups excluding carboxylic acids is 1. The SMILES string of the molecule is C.CN(C)CCCn1c(=O)c([N+](=O)[O-])c(N2CCN(C(=O)c3ccc(Cl)cc3)CC2)c2cc(Cl)ccc21. The van der Waals surface area contributed by atoms with E-state index in [-0.39, 0.29) is 19.0 Å². The summed E-state index contributed by atoms with van der Waals surface area (Å²) in [4.78, 5) is 43.4. The standard InChI is InChI=1S/C25H27Cl2N5O4.CH4/c1-28(2)10-3-11-31-21-9-8-19(27)16-20(21)22(23(25(31)34)32(35)36)29-12-14-30(15-13-29)24(33)17-4-6-18(26)7-5-17;/h4-9,16H,3,10-15H2,1-2H3;1H4. The number of carbonyl (C=O) groups is 1. The monoisotopic (exact) mass is 547 g/mol. The molecule has 0 bridgehead atoms. The Morgan fingerprint density at radius 2 is 1.65 bits per heavy atom. The Morgan fingerprint density at radius 3 is 2.24 bits per heavy atom. The second-order valence-corrected chi connectivity index (χ2v) is 9.89. The van der Waals surface area contributed by atoms with Crippen molar-refractivity contribution in [3.8, 4) is 0 Å². The maximum absolute atomic E-state index is 13.4. The van der Waals surface area contributed by atoms with Gasteiger partial charge in [-0.05, 0) is 69.5 Å². The third kappa shape index (κ3) is 6.06. The van der Waals surface area contributed by atoms with Gasteiger partial charge in [-0.1, -0.05) is 30.6 Å². The number of benzene rings is 2. The number of hydrogen-bond acceptors (Lipinski definition) is 6. The molecule has 1 aliphatic rings. The Balaban J connectivity index is 0.00000380. The zero-order chi connectivity index (χ0) is 26.0. The number of pyridine rings is 1. The van der Waals surface area contributed by atoms with Crippen LogP contribution in [0, 0.1) is 10.1 Å². The van der Waals surface area contributed by atoms with Gasteiger partial charge in [0, 0.05) is 53.7 Å². The summed E-state index contributed by atoms with van der Waals surface area (Å²) < 4.78 is 1.47. The predicted molar refractivity (Wildman–Crippen MR) is 149 cm³/mol. The number of nitrogens with zero attached hydrogens (tertiary/aromatic N) is 5. The molecule has 0 N–H and O–H groups in total. The molecule has 2 aromatic carbocycles. The van der Waals surface area contributed by atoms with E-state index >= 15 is 0 Å². The molecule has 4 rings (SSSR count). The fourth-order valence-electron chi connectivity index (χ4n) is 4.56. The summed E-state index contributed by atoms with van der Waals surface area (Å²) in [5.41, 5.74) is 0.278. The molecule has 3 aromatic rings. The van der Waals surface area contributed by atoms with Gasteiger partial charge in [-0.2, -0.15) is 0 Å². The normalized spacial score (nSPS) is 13.6. The first-order chi connectivity index (χ1) is 17.2. The highest BCUT2D eigenvalue weighted by atomic mass is 35.5. The highest BCUT2D eigenvalue weighted by Crippen LogP contribution is 2.36. The molecule has 0 atom stereocenters. The first-order valence-electron chi connectivity index (χ1n) is 11.6. The molecule has 0 unspecified atom stereocenters. The maximum atomic E-state index is 13.4. The zero-order valence-corrected chi connectivity index (χ0v) is 21.6. The molecule has 1 aliphatic heterocycles. The number of nitro groups is 1. The lowest BCUT2D eigenvalue weighted by Crippen LogP contribution is -2.49. The van der Waals surface area contributed by atoms with Gasteiger partial charge < -0.3 is 19.3 Å². The van der Waals surface area contributed by atoms with Crippen molar-refractivity contribution in [2.75, 3.05) is 51.7 Å². The average Bonchev–Trinajstić information content (AvgIpc) is 2.84. The summed E-state index contributed by atoms with van der Waals surface area (Å²) in [5, 5.41) is 13.7. The second-order valence-electron chi connectivity index (χ2n) is 9.02. The van der Waals surface area contributed by atoms with Gasteiger partial charge in [0.15, 0.2) is 0 Å². The van der Waals surface area contributed by atoms with Gasteiger partial charge in [0.05, 0.1) is 10.4 Å². The molecular weight excluding hydrogens is 517 g/mol. The Hall–Kier alpha value is -3.14. The fourth-order valence-corrected chi connectivity index (χ4v) is 4.86. The number of amides is 1. The lowest BCUT2D eigenvalue weighted by molar-refractivity contribution is -0.385. The van der Waals surface area contributed by atoms with Gasteiger partial charge in [-0.3, -0.25) is 19.7 Å². The number of anilines is 1. The molecule has 9 nitrogen and oxygen atoms in total. The molecule has 1 fully saturated rings. The fraction of sp³-hybridized carbons (Fsp3) is 0.385. The second kappa shape index (κ2) is 11.9. The van der Waals surface area contributed by atoms with Crippen LogP contribution in [0.2, 0.25) is 10.0 Å². The molecule has 0 aliphatic carbocycles. The molecule has 37 heavy (non-hydrogen) atoms. The Bertz CT molecular complexity index is 1350. The van der Waals surface area contributed by atoms with Crippen LogP contribution in [0.25, 0.3) is 10.9 Å². The van der Waals surface area contributed by atoms with E-state index in [0.717, 1.165) is 6.54 Å². The first-order valence-corrected chi connectivity index (χ1v) is 12.4. The largest absolute Gasteiger partial charge is 0.362 e. The highest BCUT2D eigenvalue weighted by Gasteiger charge is 2.32. The molecule has 1 saturated heterocycles. The van der Waals surface area contributed by atoms with Gasteiger partial charge >= 0.3 is 11.2 Å². The van der Waals surface area contributed by atoms with Crippen LogP contribution in [0.5, 0.6) is 0 Å². The topological polar surface area (TPSA) is 91.9 Å². The minimum Gasteiger partial charge on any atom is -0.362 e. The van der Waals surface area contributed by atoms with Crippen LogP contribution in [0.3, 0.4) is 0 Å². The smallest absolute Gasteiger partial charge is 0.357 e. The Labute approximate surface area is 225 Å². The first kappa shape index (κ1) is 28.4. The van der Waals surface area contributed by atoms with Gasteiger partial charge in [0.2, 0.25) is 0 Å². The van der Waals surface area contributed by atoms with E-state index in [9.17, 15) is 19.7 Å². The highest BCUT2D eigenvalue weighted by molar-refractivity contribution is 6.31. The van der Waals surface area contributed by atoms with E-state index in [1.54, 1.807) is 47.4 Å². The molecule has 0 radical (unpaired) electrons. The molecule has 11 heteroatoms. The summed E-state index contributed by atoms with van der Waals surface area (Å²) >= 11 is 12.2. The van der Waals surface area contributed by atoms with Crippen LogP contribution >= 0.6 is 23.2 Å². The number of halogens is 2. The van der Waals surface area contributed by atoms with Crippen molar-refractivity contribution in [3.63, 3.8) is 0 Å². The van der Waals surface area contributed by atoms with E-state index < -0.39 is 16.2 Å². The van der Waals surface area contributed by atoms with Crippen LogP contribution in [0.4, 0.5) is 11.4 Å². The summed E-state index contributed by atoms with van der Waals surface area (Å²) in [6.07, 6.45) is 0.659. The molecule has 1 amide bonds. The van der Waals surface area contributed by atoms with E-state index in [2.05, 4.69) is 0 Å². The van der Waals surface area contributed by atoms with Crippen molar-refractivity contribution in [1.29, 1.82) is 0 Å². The number of aromatic nitrogens is 1. The molecule has 1 aromatic heterocycles. The van der Waals surface area contributed by atoms with Crippen molar-refractivity contribution < 1.29 is 9.72 Å². The van der Waals surface area contributed by atoms with Crippen molar-refractivity contribution >= 4 is 51.4 Å². The summed E-state index contributed by atoms with van der Waals surface area (Å²) in [6, 6.07) is 11.8. The van der Waals surface area contributed by atoms with Crippen molar-refractivity contribution in [1.82, 2.24) is 14.4 Å². The minimum atomic E-state index is -0.636. The van der Waals surface area contributed by atoms with E-state index in [1.165, 1.54) is 4.57 Å². The van der Waals surface area contributed by atoms with Gasteiger partial charge in [-0.15, -0.1) is 0 Å². The van der Waals surface area contributed by atoms with Crippen molar-refractivity contribution in [2.45, 2.75) is 20.4 Å². The third-order valence-electron chi connectivity index (χ3n) is 6.32. The number of fused-ring (bicyclic) bond motifs is 1. The van der Waals surface area contributed by atoms with Crippen molar-refractivity contribution in [2.24, 2.45) is 0 Å². The van der Waals surface area contributed by atoms with Crippen LogP contribution in [-0.2, 0) is 6.54 Å². The predicted octanol–water partition coefficient (Wildman–Crippen LogP) is 4.77. The number of piperazine rings is 1. The number of aryl methyl sites for hydroxylation is 1. The minimum absolute atomic E-state index is 0. The molecule has 198 valence electrons. The van der Waals surface area contributed by atoms with E-state index in [0.29, 0.717) is 65.7 Å². The zero-order valence-electron chi connectivity index (χ0n) is 20.1. The van der Waals surface area contributed by atoms with Crippen LogP contribution in [0.15, 0.2) is 47.3 Å². The van der Waals surface area contributed by atoms with Crippen LogP contribution in [-0.4, -0.2) is 72.0 Å². The van der Waals surface area contributed by atoms with E-state index in [1.807, 2.05) is 23.9 Å². The lowest BCUT2D eigenvalue weighted by atomic mass is 10.1. The van der Waals surface area contributed by atoms with Crippen LogP contribution in [0.1, 0.15) is 24.2 Å². The molecule has 2 heterocycles. The average molecular weight is 548 g/mol. The van der Waals surface area contributed by atoms with Gasteiger partial charge in [0.1, 0.15) is 5.69 Å². The van der Waals surface area contributed by atoms with Gasteiger partial charge in [0.25, 0.3) is 5.91 Å². The van der Waals surface area contributed by atoms with E-state index in [4.69, 9.17) is 23.2 Å². The summed E-state index contributed by atoms with van der Waals surface area (Å²) in [6.45, 7) is 2.47. The number of rotatable bonds is 7. The van der Waals surface area contributed by atoms with Crippen LogP contribution < -0.4 is 10.5 Å². The molecule has 0 saturated carbocycles. The van der Waals surface area contributed by atoms with Gasteiger partial charge in [-0.25, -0.2) is 0 Å². The lowest BCUT2D eigenvalue weighted by Gasteiger charge is -2.36. The molecular formula is C26H31Cl2N5O4. The molecule has 0 spiro atoms. The summed E-state index contributed by atoms with van der Waals surface area (Å²) in [5.74, 6) is -0.134.